The largest absolute Gasteiger partial charge is 0.507 e. The third-order valence-electron chi connectivity index (χ3n) is 5.04. The van der Waals surface area contributed by atoms with Crippen LogP contribution in [0.5, 0.6) is 11.5 Å². The molecule has 0 aromatic heterocycles. The van der Waals surface area contributed by atoms with Crippen molar-refractivity contribution in [3.05, 3.63) is 64.7 Å². The summed E-state index contributed by atoms with van der Waals surface area (Å²) in [5, 5.41) is 13.5. The first-order valence-corrected chi connectivity index (χ1v) is 9.28. The summed E-state index contributed by atoms with van der Waals surface area (Å²) in [4.78, 5) is 24.6. The predicted octanol–water partition coefficient (Wildman–Crippen LogP) is 3.71. The van der Waals surface area contributed by atoms with Crippen LogP contribution in [0.4, 0.5) is 0 Å². The number of rotatable bonds is 4. The molecule has 3 rings (SSSR count). The number of methoxy groups -OCH3 is 2. The van der Waals surface area contributed by atoms with Gasteiger partial charge in [0.2, 0.25) is 0 Å². The van der Waals surface area contributed by atoms with E-state index in [-0.39, 0.29) is 16.7 Å². The lowest BCUT2D eigenvalue weighted by molar-refractivity contribution is -0.133. The summed E-state index contributed by atoms with van der Waals surface area (Å²) in [5.74, 6) is -0.846. The highest BCUT2D eigenvalue weighted by Gasteiger charge is 2.39. The van der Waals surface area contributed by atoms with Crippen LogP contribution in [-0.4, -0.2) is 31.0 Å². The van der Waals surface area contributed by atoms with E-state index >= 15 is 0 Å². The second kappa shape index (κ2) is 7.62. The fourth-order valence-electron chi connectivity index (χ4n) is 3.33. The zero-order valence-electron chi connectivity index (χ0n) is 17.2. The minimum atomic E-state index is -0.748. The molecule has 1 aliphatic rings. The van der Waals surface area contributed by atoms with Crippen LogP contribution in [-0.2, 0) is 15.0 Å². The van der Waals surface area contributed by atoms with Crippen molar-refractivity contribution in [1.82, 2.24) is 5.32 Å². The van der Waals surface area contributed by atoms with Gasteiger partial charge in [-0.15, -0.1) is 0 Å². The molecule has 29 heavy (non-hydrogen) atoms. The predicted molar refractivity (Wildman–Crippen MR) is 110 cm³/mol. The molecule has 2 aromatic carbocycles. The third kappa shape index (κ3) is 3.83. The van der Waals surface area contributed by atoms with Crippen LogP contribution in [0.3, 0.4) is 0 Å². The summed E-state index contributed by atoms with van der Waals surface area (Å²) in [6.07, 6.45) is 0. The molecule has 0 bridgehead atoms. The van der Waals surface area contributed by atoms with E-state index in [1.165, 1.54) is 14.2 Å². The molecule has 0 saturated carbocycles. The lowest BCUT2D eigenvalue weighted by atomic mass is 9.85. The van der Waals surface area contributed by atoms with E-state index in [0.29, 0.717) is 17.1 Å². The van der Waals surface area contributed by atoms with Gasteiger partial charge in [0.25, 0.3) is 11.7 Å². The standard InChI is InChI=1S/C23H25NO5/c1-23(2,3)15-9-6-13(7-10-15)19-18(21(26)22(27)24-19)20(25)14-8-11-16(28-4)17(12-14)29-5/h6-12,19,25H,1-5H3,(H,24,27)/t19-/m1/s1. The van der Waals surface area contributed by atoms with Gasteiger partial charge >= 0.3 is 0 Å². The number of benzene rings is 2. The Bertz CT molecular complexity index is 983. The number of Topliss-reactive ketones (excluding diaryl/α,β-unsaturated/α-hetero) is 1. The molecule has 0 unspecified atom stereocenters. The van der Waals surface area contributed by atoms with Crippen molar-refractivity contribution in [3.63, 3.8) is 0 Å². The maximum atomic E-state index is 12.5. The minimum absolute atomic E-state index is 0.0192. The van der Waals surface area contributed by atoms with Gasteiger partial charge in [0.05, 0.1) is 25.8 Å². The zero-order valence-corrected chi connectivity index (χ0v) is 17.2. The van der Waals surface area contributed by atoms with Gasteiger partial charge in [0.15, 0.2) is 11.5 Å². The second-order valence-corrected chi connectivity index (χ2v) is 7.94. The highest BCUT2D eigenvalue weighted by molar-refractivity contribution is 6.46. The first kappa shape index (κ1) is 20.5. The van der Waals surface area contributed by atoms with Crippen LogP contribution >= 0.6 is 0 Å². The maximum Gasteiger partial charge on any atom is 0.293 e. The Morgan fingerprint density at radius 3 is 2.14 bits per heavy atom. The van der Waals surface area contributed by atoms with Crippen molar-refractivity contribution in [2.24, 2.45) is 0 Å². The Morgan fingerprint density at radius 1 is 0.966 bits per heavy atom. The fraction of sp³-hybridized carbons (Fsp3) is 0.304. The minimum Gasteiger partial charge on any atom is -0.507 e. The van der Waals surface area contributed by atoms with Gasteiger partial charge in [0, 0.05) is 5.56 Å². The molecule has 152 valence electrons. The number of nitrogens with one attached hydrogen (secondary N) is 1. The van der Waals surface area contributed by atoms with Crippen LogP contribution in [0.1, 0.15) is 43.5 Å². The van der Waals surface area contributed by atoms with Crippen LogP contribution in [0.25, 0.3) is 5.76 Å². The van der Waals surface area contributed by atoms with Crippen molar-refractivity contribution in [2.75, 3.05) is 14.2 Å². The average molecular weight is 395 g/mol. The number of aliphatic hydroxyl groups is 1. The molecule has 1 heterocycles. The van der Waals surface area contributed by atoms with E-state index in [4.69, 9.17) is 9.47 Å². The fourth-order valence-corrected chi connectivity index (χ4v) is 3.33. The average Bonchev–Trinajstić information content (AvgIpc) is 3.00. The molecular formula is C23H25NO5. The van der Waals surface area contributed by atoms with Crippen molar-refractivity contribution in [3.8, 4) is 11.5 Å². The van der Waals surface area contributed by atoms with E-state index in [9.17, 15) is 14.7 Å². The number of hydrogen-bond donors (Lipinski definition) is 2. The molecule has 2 aromatic rings. The molecule has 1 fully saturated rings. The molecule has 6 nitrogen and oxygen atoms in total. The van der Waals surface area contributed by atoms with Crippen molar-refractivity contribution in [2.45, 2.75) is 32.2 Å². The third-order valence-corrected chi connectivity index (χ3v) is 5.04. The summed E-state index contributed by atoms with van der Waals surface area (Å²) in [6, 6.07) is 11.8. The summed E-state index contributed by atoms with van der Waals surface area (Å²) in [6.45, 7) is 6.32. The molecule has 1 atom stereocenters. The Morgan fingerprint density at radius 2 is 1.59 bits per heavy atom. The molecule has 0 radical (unpaired) electrons. The number of aliphatic hydroxyl groups excluding tert-OH is 1. The topological polar surface area (TPSA) is 84.9 Å². The lowest BCUT2D eigenvalue weighted by Crippen LogP contribution is -2.21. The number of ether oxygens (including phenoxy) is 2. The van der Waals surface area contributed by atoms with Crippen LogP contribution in [0, 0.1) is 0 Å². The molecule has 0 aliphatic carbocycles. The summed E-state index contributed by atoms with van der Waals surface area (Å²) in [7, 11) is 2.99. The molecule has 0 spiro atoms. The Hall–Kier alpha value is -3.28. The van der Waals surface area contributed by atoms with Gasteiger partial charge in [-0.05, 0) is 34.7 Å². The Balaban J connectivity index is 2.07. The molecule has 1 aliphatic heterocycles. The van der Waals surface area contributed by atoms with Crippen LogP contribution < -0.4 is 14.8 Å². The SMILES string of the molecule is COc1ccc(C(O)=C2C(=O)C(=O)N[C@@H]2c2ccc(C(C)(C)C)cc2)cc1OC. The van der Waals surface area contributed by atoms with Crippen LogP contribution in [0.15, 0.2) is 48.0 Å². The quantitative estimate of drug-likeness (QED) is 0.468. The molecule has 2 N–H and O–H groups in total. The highest BCUT2D eigenvalue weighted by atomic mass is 16.5. The number of ketones is 1. The lowest BCUT2D eigenvalue weighted by Gasteiger charge is -2.20. The van der Waals surface area contributed by atoms with E-state index in [1.54, 1.807) is 18.2 Å². The number of carbonyl (C=O) groups is 2. The molecule has 6 heteroatoms. The smallest absolute Gasteiger partial charge is 0.293 e. The van der Waals surface area contributed by atoms with E-state index < -0.39 is 17.7 Å². The van der Waals surface area contributed by atoms with E-state index in [0.717, 1.165) is 11.1 Å². The normalized spacial score (nSPS) is 18.4. The van der Waals surface area contributed by atoms with Gasteiger partial charge < -0.3 is 19.9 Å². The number of amides is 1. The van der Waals surface area contributed by atoms with Gasteiger partial charge in [-0.25, -0.2) is 0 Å². The van der Waals surface area contributed by atoms with Gasteiger partial charge in [0.1, 0.15) is 5.76 Å². The first-order chi connectivity index (χ1) is 13.7. The number of hydrogen-bond acceptors (Lipinski definition) is 5. The maximum absolute atomic E-state index is 12.5. The number of carbonyl (C=O) groups excluding carboxylic acids is 2. The summed E-state index contributed by atoms with van der Waals surface area (Å²) < 4.78 is 10.5. The Kier molecular flexibility index (Phi) is 5.38. The van der Waals surface area contributed by atoms with Gasteiger partial charge in [-0.2, -0.15) is 0 Å². The monoisotopic (exact) mass is 395 g/mol. The molecule has 1 saturated heterocycles. The van der Waals surface area contributed by atoms with Gasteiger partial charge in [-0.3, -0.25) is 9.59 Å². The van der Waals surface area contributed by atoms with Crippen molar-refractivity contribution >= 4 is 17.4 Å². The summed E-state index contributed by atoms with van der Waals surface area (Å²) in [5.41, 5.74) is 2.21. The summed E-state index contributed by atoms with van der Waals surface area (Å²) >= 11 is 0. The van der Waals surface area contributed by atoms with Crippen molar-refractivity contribution < 1.29 is 24.2 Å². The van der Waals surface area contributed by atoms with Gasteiger partial charge in [-0.1, -0.05) is 45.0 Å². The molecule has 1 amide bonds. The zero-order chi connectivity index (χ0) is 21.3. The Labute approximate surface area is 170 Å². The van der Waals surface area contributed by atoms with Crippen LogP contribution in [0.2, 0.25) is 0 Å². The second-order valence-electron chi connectivity index (χ2n) is 7.94. The highest BCUT2D eigenvalue weighted by Crippen LogP contribution is 2.36. The molecular weight excluding hydrogens is 370 g/mol. The van der Waals surface area contributed by atoms with E-state index in [2.05, 4.69) is 26.1 Å². The van der Waals surface area contributed by atoms with Crippen molar-refractivity contribution in [1.29, 1.82) is 0 Å². The first-order valence-electron chi connectivity index (χ1n) is 9.28. The van der Waals surface area contributed by atoms with E-state index in [1.807, 2.05) is 24.3 Å².